The Balaban J connectivity index is 2.01. The molecule has 1 aliphatic heterocycles. The average Bonchev–Trinajstić information content (AvgIpc) is 2.89. The van der Waals surface area contributed by atoms with E-state index in [9.17, 15) is 14.4 Å². The van der Waals surface area contributed by atoms with Crippen LogP contribution in [0.25, 0.3) is 0 Å². The Morgan fingerprint density at radius 2 is 1.46 bits per heavy atom. The summed E-state index contributed by atoms with van der Waals surface area (Å²) in [5.74, 6) is 2.04. The average molecular weight is 378 g/mol. The maximum Gasteiger partial charge on any atom is 0.282 e. The third kappa shape index (κ3) is 3.05. The van der Waals surface area contributed by atoms with Gasteiger partial charge in [0.1, 0.15) is 5.71 Å². The quantitative estimate of drug-likeness (QED) is 0.370. The molecule has 1 heterocycles. The van der Waals surface area contributed by atoms with Crippen molar-refractivity contribution in [2.75, 3.05) is 10.2 Å². The Morgan fingerprint density at radius 3 is 1.96 bits per heavy atom. The predicted octanol–water partition coefficient (Wildman–Crippen LogP) is 2.36. The van der Waals surface area contributed by atoms with Crippen molar-refractivity contribution in [1.82, 2.24) is 0 Å². The molecule has 0 aromatic heterocycles. The Morgan fingerprint density at radius 1 is 0.964 bits per heavy atom. The van der Waals surface area contributed by atoms with Crippen LogP contribution < -0.4 is 16.1 Å². The van der Waals surface area contributed by atoms with Gasteiger partial charge < -0.3 is 11.2 Å². The summed E-state index contributed by atoms with van der Waals surface area (Å²) in [5, 5.41) is 6.25. The molecule has 1 aliphatic rings. The van der Waals surface area contributed by atoms with E-state index in [-0.39, 0.29) is 5.71 Å². The SMILES string of the molecule is Cc1cccc(C)c1NC(=O)C1C(=O)N(c2c(C)cccc2C)C(=O)/C1=N\N. The van der Waals surface area contributed by atoms with Crippen LogP contribution in [0.3, 0.4) is 0 Å². The minimum atomic E-state index is -1.39. The second-order valence-electron chi connectivity index (χ2n) is 6.92. The first-order chi connectivity index (χ1) is 13.3. The molecule has 0 radical (unpaired) electrons. The molecule has 144 valence electrons. The van der Waals surface area contributed by atoms with E-state index >= 15 is 0 Å². The molecular formula is C21H22N4O3. The first-order valence-corrected chi connectivity index (χ1v) is 8.87. The van der Waals surface area contributed by atoms with Crippen LogP contribution in [0.1, 0.15) is 22.3 Å². The van der Waals surface area contributed by atoms with Crippen LogP contribution in [-0.4, -0.2) is 23.4 Å². The van der Waals surface area contributed by atoms with E-state index in [0.29, 0.717) is 11.4 Å². The largest absolute Gasteiger partial charge is 0.325 e. The Hall–Kier alpha value is -3.48. The van der Waals surface area contributed by atoms with E-state index in [4.69, 9.17) is 5.84 Å². The number of carbonyl (C=O) groups is 3. The lowest BCUT2D eigenvalue weighted by Crippen LogP contribution is -2.35. The van der Waals surface area contributed by atoms with E-state index in [1.165, 1.54) is 0 Å². The van der Waals surface area contributed by atoms with Gasteiger partial charge in [-0.25, -0.2) is 4.90 Å². The summed E-state index contributed by atoms with van der Waals surface area (Å²) in [4.78, 5) is 39.9. The van der Waals surface area contributed by atoms with Gasteiger partial charge in [-0.3, -0.25) is 14.4 Å². The summed E-state index contributed by atoms with van der Waals surface area (Å²) in [6.45, 7) is 7.30. The lowest BCUT2D eigenvalue weighted by Gasteiger charge is -2.19. The van der Waals surface area contributed by atoms with Crippen LogP contribution in [0.4, 0.5) is 11.4 Å². The number of hydrogen-bond acceptors (Lipinski definition) is 5. The van der Waals surface area contributed by atoms with Crippen molar-refractivity contribution in [3.63, 3.8) is 0 Å². The van der Waals surface area contributed by atoms with Crippen LogP contribution in [0.5, 0.6) is 0 Å². The normalized spacial score (nSPS) is 18.1. The van der Waals surface area contributed by atoms with Crippen LogP contribution in [0.2, 0.25) is 0 Å². The van der Waals surface area contributed by atoms with Gasteiger partial charge in [0, 0.05) is 5.69 Å². The van der Waals surface area contributed by atoms with Gasteiger partial charge in [0.25, 0.3) is 11.8 Å². The highest BCUT2D eigenvalue weighted by Crippen LogP contribution is 2.31. The van der Waals surface area contributed by atoms with E-state index in [1.54, 1.807) is 26.0 Å². The molecule has 7 nitrogen and oxygen atoms in total. The summed E-state index contributed by atoms with van der Waals surface area (Å²) < 4.78 is 0. The van der Waals surface area contributed by atoms with Gasteiger partial charge in [0.15, 0.2) is 5.92 Å². The molecule has 3 N–H and O–H groups in total. The molecule has 1 atom stereocenters. The fourth-order valence-electron chi connectivity index (χ4n) is 3.53. The number of nitrogens with zero attached hydrogens (tertiary/aromatic N) is 2. The van der Waals surface area contributed by atoms with Gasteiger partial charge in [0.2, 0.25) is 5.91 Å². The van der Waals surface area contributed by atoms with Gasteiger partial charge >= 0.3 is 0 Å². The first kappa shape index (κ1) is 19.3. The highest BCUT2D eigenvalue weighted by molar-refractivity contribution is 6.61. The number of hydrazone groups is 1. The van der Waals surface area contributed by atoms with Crippen molar-refractivity contribution in [2.24, 2.45) is 16.9 Å². The van der Waals surface area contributed by atoms with Crippen molar-refractivity contribution < 1.29 is 14.4 Å². The second-order valence-corrected chi connectivity index (χ2v) is 6.92. The zero-order valence-corrected chi connectivity index (χ0v) is 16.2. The van der Waals surface area contributed by atoms with Gasteiger partial charge in [-0.1, -0.05) is 36.4 Å². The topological polar surface area (TPSA) is 105 Å². The molecule has 1 unspecified atom stereocenters. The van der Waals surface area contributed by atoms with Crippen LogP contribution in [0, 0.1) is 33.6 Å². The van der Waals surface area contributed by atoms with Crippen molar-refractivity contribution in [1.29, 1.82) is 0 Å². The van der Waals surface area contributed by atoms with Gasteiger partial charge in [-0.15, -0.1) is 0 Å². The monoisotopic (exact) mass is 378 g/mol. The Kier molecular flexibility index (Phi) is 5.00. The molecule has 1 saturated heterocycles. The smallest absolute Gasteiger partial charge is 0.282 e. The predicted molar refractivity (Wildman–Crippen MR) is 108 cm³/mol. The molecule has 1 fully saturated rings. The maximum absolute atomic E-state index is 13.1. The molecule has 0 bridgehead atoms. The molecule has 7 heteroatoms. The van der Waals surface area contributed by atoms with Gasteiger partial charge in [-0.2, -0.15) is 5.10 Å². The molecule has 0 spiro atoms. The summed E-state index contributed by atoms with van der Waals surface area (Å²) in [7, 11) is 0. The highest BCUT2D eigenvalue weighted by Gasteiger charge is 2.50. The van der Waals surface area contributed by atoms with E-state index in [0.717, 1.165) is 27.2 Å². The number of rotatable bonds is 3. The lowest BCUT2D eigenvalue weighted by molar-refractivity contribution is -0.127. The summed E-state index contributed by atoms with van der Waals surface area (Å²) in [6.07, 6.45) is 0. The van der Waals surface area contributed by atoms with Crippen molar-refractivity contribution in [3.8, 4) is 0 Å². The lowest BCUT2D eigenvalue weighted by atomic mass is 10.0. The highest BCUT2D eigenvalue weighted by atomic mass is 16.2. The summed E-state index contributed by atoms with van der Waals surface area (Å²) in [5.41, 5.74) is 3.99. The van der Waals surface area contributed by atoms with Crippen molar-refractivity contribution in [2.45, 2.75) is 27.7 Å². The first-order valence-electron chi connectivity index (χ1n) is 8.87. The Bertz CT molecular complexity index is 986. The summed E-state index contributed by atoms with van der Waals surface area (Å²) in [6, 6.07) is 11.0. The van der Waals surface area contributed by atoms with Crippen molar-refractivity contribution >= 4 is 34.8 Å². The van der Waals surface area contributed by atoms with Gasteiger partial charge in [-0.05, 0) is 49.9 Å². The van der Waals surface area contributed by atoms with E-state index in [2.05, 4.69) is 10.4 Å². The number of nitrogens with two attached hydrogens (primary N) is 1. The van der Waals surface area contributed by atoms with E-state index in [1.807, 2.05) is 38.1 Å². The molecule has 0 saturated carbocycles. The number of imide groups is 1. The number of anilines is 2. The number of para-hydroxylation sites is 2. The molecule has 0 aliphatic carbocycles. The maximum atomic E-state index is 13.1. The molecule has 2 aromatic carbocycles. The molecule has 2 aromatic rings. The fourth-order valence-corrected chi connectivity index (χ4v) is 3.53. The number of nitrogens with one attached hydrogen (secondary N) is 1. The Labute approximate surface area is 163 Å². The molecular weight excluding hydrogens is 356 g/mol. The second kappa shape index (κ2) is 7.26. The number of benzene rings is 2. The minimum Gasteiger partial charge on any atom is -0.325 e. The standard InChI is InChI=1S/C21H22N4O3/c1-11-7-5-8-12(2)16(11)23-19(26)15-17(24-22)21(28)25(20(15)27)18-13(3)9-6-10-14(18)4/h5-10,15H,22H2,1-4H3,(H,23,26)/b24-17-. The number of amides is 3. The van der Waals surface area contributed by atoms with Crippen LogP contribution in [-0.2, 0) is 14.4 Å². The number of aryl methyl sites for hydroxylation is 4. The minimum absolute atomic E-state index is 0.267. The fraction of sp³-hybridized carbons (Fsp3) is 0.238. The molecule has 3 rings (SSSR count). The van der Waals surface area contributed by atoms with Crippen LogP contribution >= 0.6 is 0 Å². The van der Waals surface area contributed by atoms with Crippen LogP contribution in [0.15, 0.2) is 41.5 Å². The number of carbonyl (C=O) groups excluding carboxylic acids is 3. The summed E-state index contributed by atoms with van der Waals surface area (Å²) >= 11 is 0. The molecule has 28 heavy (non-hydrogen) atoms. The van der Waals surface area contributed by atoms with Gasteiger partial charge in [0.05, 0.1) is 5.69 Å². The van der Waals surface area contributed by atoms with Crippen molar-refractivity contribution in [3.05, 3.63) is 58.7 Å². The molecule has 3 amide bonds. The zero-order chi connectivity index (χ0) is 20.6. The number of hydrogen-bond donors (Lipinski definition) is 2. The third-order valence-corrected chi connectivity index (χ3v) is 4.96. The van der Waals surface area contributed by atoms with E-state index < -0.39 is 23.6 Å². The zero-order valence-electron chi connectivity index (χ0n) is 16.2. The third-order valence-electron chi connectivity index (χ3n) is 4.96.